The van der Waals surface area contributed by atoms with Crippen molar-refractivity contribution in [3.05, 3.63) is 35.9 Å². The van der Waals surface area contributed by atoms with Crippen molar-refractivity contribution >= 4 is 6.03 Å². The fourth-order valence-corrected chi connectivity index (χ4v) is 3.14. The molecule has 6 heteroatoms. The van der Waals surface area contributed by atoms with E-state index in [1.165, 1.54) is 5.56 Å². The number of carbonyl (C=O) groups excluding carboxylic acids is 1. The number of carbonyl (C=O) groups is 1. The van der Waals surface area contributed by atoms with Crippen LogP contribution in [-0.2, 0) is 6.54 Å². The zero-order chi connectivity index (χ0) is 16.7. The Kier molecular flexibility index (Phi) is 6.83. The van der Waals surface area contributed by atoms with Crippen LogP contribution in [0.15, 0.2) is 30.3 Å². The molecule has 23 heavy (non-hydrogen) atoms. The van der Waals surface area contributed by atoms with E-state index >= 15 is 0 Å². The van der Waals surface area contributed by atoms with E-state index in [0.717, 1.165) is 32.5 Å². The van der Waals surface area contributed by atoms with Crippen LogP contribution in [0.5, 0.6) is 0 Å². The summed E-state index contributed by atoms with van der Waals surface area (Å²) in [6.45, 7) is 3.91. The molecule has 0 saturated carbocycles. The molecule has 1 heterocycles. The SMILES string of the molecule is CN(Cc1ccccc1)CC(O)CN1CCC(NC(N)=O)CC1. The molecule has 1 aromatic rings. The van der Waals surface area contributed by atoms with Crippen LogP contribution >= 0.6 is 0 Å². The van der Waals surface area contributed by atoms with Crippen molar-refractivity contribution in [1.29, 1.82) is 0 Å². The van der Waals surface area contributed by atoms with Gasteiger partial charge in [0.15, 0.2) is 0 Å². The molecule has 0 bridgehead atoms. The predicted octanol–water partition coefficient (Wildman–Crippen LogP) is 0.612. The van der Waals surface area contributed by atoms with E-state index in [4.69, 9.17) is 5.73 Å². The highest BCUT2D eigenvalue weighted by Gasteiger charge is 2.22. The summed E-state index contributed by atoms with van der Waals surface area (Å²) in [6.07, 6.45) is 1.40. The summed E-state index contributed by atoms with van der Waals surface area (Å²) in [5.41, 5.74) is 6.40. The minimum absolute atomic E-state index is 0.168. The topological polar surface area (TPSA) is 81.8 Å². The van der Waals surface area contributed by atoms with Crippen LogP contribution in [0.4, 0.5) is 4.79 Å². The quantitative estimate of drug-likeness (QED) is 0.687. The van der Waals surface area contributed by atoms with Gasteiger partial charge in [0.1, 0.15) is 0 Å². The maximum atomic E-state index is 10.9. The Hall–Kier alpha value is -1.63. The Labute approximate surface area is 138 Å². The number of hydrogen-bond acceptors (Lipinski definition) is 4. The first-order valence-corrected chi connectivity index (χ1v) is 8.22. The molecule has 1 unspecified atom stereocenters. The number of piperidine rings is 1. The average molecular weight is 320 g/mol. The maximum Gasteiger partial charge on any atom is 0.312 e. The second-order valence-electron chi connectivity index (χ2n) is 6.42. The molecular weight excluding hydrogens is 292 g/mol. The molecule has 2 amide bonds. The first-order chi connectivity index (χ1) is 11.0. The van der Waals surface area contributed by atoms with E-state index in [9.17, 15) is 9.90 Å². The van der Waals surface area contributed by atoms with Gasteiger partial charge in [-0.3, -0.25) is 4.90 Å². The van der Waals surface area contributed by atoms with Crippen molar-refractivity contribution in [2.45, 2.75) is 31.5 Å². The molecule has 0 aliphatic carbocycles. The zero-order valence-electron chi connectivity index (χ0n) is 13.8. The second-order valence-corrected chi connectivity index (χ2v) is 6.42. The fourth-order valence-electron chi connectivity index (χ4n) is 3.14. The largest absolute Gasteiger partial charge is 0.390 e. The van der Waals surface area contributed by atoms with Crippen molar-refractivity contribution < 1.29 is 9.90 Å². The number of hydrogen-bond donors (Lipinski definition) is 3. The number of nitrogens with zero attached hydrogens (tertiary/aromatic N) is 2. The Morgan fingerprint density at radius 1 is 1.39 bits per heavy atom. The fraction of sp³-hybridized carbons (Fsp3) is 0.588. The van der Waals surface area contributed by atoms with Crippen LogP contribution in [0.2, 0.25) is 0 Å². The molecule has 2 rings (SSSR count). The lowest BCUT2D eigenvalue weighted by atomic mass is 10.0. The van der Waals surface area contributed by atoms with Crippen molar-refractivity contribution in [2.75, 3.05) is 33.2 Å². The van der Waals surface area contributed by atoms with E-state index in [2.05, 4.69) is 27.2 Å². The van der Waals surface area contributed by atoms with Crippen LogP contribution in [-0.4, -0.2) is 66.3 Å². The lowest BCUT2D eigenvalue weighted by Crippen LogP contribution is -2.48. The van der Waals surface area contributed by atoms with Gasteiger partial charge in [-0.05, 0) is 25.5 Å². The van der Waals surface area contributed by atoms with E-state index in [1.54, 1.807) is 0 Å². The molecule has 1 saturated heterocycles. The van der Waals surface area contributed by atoms with Gasteiger partial charge in [-0.15, -0.1) is 0 Å². The number of nitrogens with two attached hydrogens (primary N) is 1. The number of primary amides is 1. The summed E-state index contributed by atoms with van der Waals surface area (Å²) in [6, 6.07) is 9.98. The molecule has 0 spiro atoms. The van der Waals surface area contributed by atoms with Gasteiger partial charge in [0, 0.05) is 38.8 Å². The third-order valence-corrected chi connectivity index (χ3v) is 4.22. The van der Waals surface area contributed by atoms with Crippen LogP contribution in [0.3, 0.4) is 0 Å². The summed E-state index contributed by atoms with van der Waals surface area (Å²) < 4.78 is 0. The Morgan fingerprint density at radius 2 is 2.04 bits per heavy atom. The highest BCUT2D eigenvalue weighted by atomic mass is 16.3. The monoisotopic (exact) mass is 320 g/mol. The summed E-state index contributed by atoms with van der Waals surface area (Å²) in [4.78, 5) is 15.2. The minimum Gasteiger partial charge on any atom is -0.390 e. The molecule has 1 aliphatic rings. The molecule has 0 radical (unpaired) electrons. The summed E-state index contributed by atoms with van der Waals surface area (Å²) in [7, 11) is 2.03. The number of urea groups is 1. The van der Waals surface area contributed by atoms with Gasteiger partial charge in [0.05, 0.1) is 6.10 Å². The van der Waals surface area contributed by atoms with E-state index < -0.39 is 6.03 Å². The molecule has 1 atom stereocenters. The standard InChI is InChI=1S/C17H28N4O2/c1-20(11-14-5-3-2-4-6-14)12-16(22)13-21-9-7-15(8-10-21)19-17(18)23/h2-6,15-16,22H,7-13H2,1H3,(H3,18,19,23). The normalized spacial score (nSPS) is 18.0. The number of likely N-dealkylation sites (N-methyl/N-ethyl adjacent to an activating group) is 1. The van der Waals surface area contributed by atoms with Gasteiger partial charge >= 0.3 is 6.03 Å². The third kappa shape index (κ3) is 6.56. The Bertz CT molecular complexity index is 475. The van der Waals surface area contributed by atoms with E-state index in [-0.39, 0.29) is 12.1 Å². The molecule has 128 valence electrons. The maximum absolute atomic E-state index is 10.9. The lowest BCUT2D eigenvalue weighted by molar-refractivity contribution is 0.0686. The molecular formula is C17H28N4O2. The van der Waals surface area contributed by atoms with Crippen molar-refractivity contribution in [1.82, 2.24) is 15.1 Å². The summed E-state index contributed by atoms with van der Waals surface area (Å²) in [5, 5.41) is 13.0. The number of amides is 2. The van der Waals surface area contributed by atoms with Gasteiger partial charge in [0.2, 0.25) is 0 Å². The molecule has 1 fully saturated rings. The molecule has 0 aromatic heterocycles. The number of benzene rings is 1. The zero-order valence-corrected chi connectivity index (χ0v) is 13.8. The molecule has 1 aliphatic heterocycles. The number of rotatable bonds is 7. The van der Waals surface area contributed by atoms with Gasteiger partial charge in [0.25, 0.3) is 0 Å². The lowest BCUT2D eigenvalue weighted by Gasteiger charge is -2.33. The van der Waals surface area contributed by atoms with Gasteiger partial charge < -0.3 is 21.1 Å². The highest BCUT2D eigenvalue weighted by Crippen LogP contribution is 2.11. The Morgan fingerprint density at radius 3 is 2.65 bits per heavy atom. The van der Waals surface area contributed by atoms with Crippen LogP contribution < -0.4 is 11.1 Å². The van der Waals surface area contributed by atoms with Crippen molar-refractivity contribution in [3.63, 3.8) is 0 Å². The highest BCUT2D eigenvalue weighted by molar-refractivity contribution is 5.71. The predicted molar refractivity (Wildman–Crippen MR) is 91.0 cm³/mol. The van der Waals surface area contributed by atoms with Crippen molar-refractivity contribution in [2.24, 2.45) is 5.73 Å². The first-order valence-electron chi connectivity index (χ1n) is 8.22. The third-order valence-electron chi connectivity index (χ3n) is 4.22. The number of β-amino-alcohol motifs (C(OH)–C–C–N with tert-alkyl or cyclic N) is 1. The Balaban J connectivity index is 1.67. The van der Waals surface area contributed by atoms with Gasteiger partial charge in [-0.25, -0.2) is 4.79 Å². The van der Waals surface area contributed by atoms with Crippen LogP contribution in [0.1, 0.15) is 18.4 Å². The second kappa shape index (κ2) is 8.86. The summed E-state index contributed by atoms with van der Waals surface area (Å²) >= 11 is 0. The van der Waals surface area contributed by atoms with Gasteiger partial charge in [-0.2, -0.15) is 0 Å². The van der Waals surface area contributed by atoms with E-state index in [1.807, 2.05) is 25.2 Å². The number of likely N-dealkylation sites (tertiary alicyclic amines) is 1. The van der Waals surface area contributed by atoms with Crippen LogP contribution in [0, 0.1) is 0 Å². The minimum atomic E-state index is -0.453. The average Bonchev–Trinajstić information content (AvgIpc) is 2.49. The number of aliphatic hydroxyl groups excluding tert-OH is 1. The molecule has 4 N–H and O–H groups in total. The van der Waals surface area contributed by atoms with Gasteiger partial charge in [-0.1, -0.05) is 30.3 Å². The van der Waals surface area contributed by atoms with E-state index in [0.29, 0.717) is 13.1 Å². The molecule has 1 aromatic carbocycles. The van der Waals surface area contributed by atoms with Crippen molar-refractivity contribution in [3.8, 4) is 0 Å². The van der Waals surface area contributed by atoms with Crippen LogP contribution in [0.25, 0.3) is 0 Å². The number of nitrogens with one attached hydrogen (secondary N) is 1. The number of aliphatic hydroxyl groups is 1. The summed E-state index contributed by atoms with van der Waals surface area (Å²) in [5.74, 6) is 0. The smallest absolute Gasteiger partial charge is 0.312 e. The molecule has 6 nitrogen and oxygen atoms in total. The first kappa shape index (κ1) is 17.7.